The summed E-state index contributed by atoms with van der Waals surface area (Å²) in [5.74, 6) is 0.243. The Morgan fingerprint density at radius 1 is 1.32 bits per heavy atom. The predicted molar refractivity (Wildman–Crippen MR) is 101 cm³/mol. The van der Waals surface area contributed by atoms with Crippen LogP contribution in [0.25, 0.3) is 0 Å². The van der Waals surface area contributed by atoms with Gasteiger partial charge in [-0.3, -0.25) is 9.78 Å². The SMILES string of the molecule is CC1CC(C)(C)N(C)c2ccc(/C=N\NC(=O)c3ccncc3)cc21. The third kappa shape index (κ3) is 3.55. The Hall–Kier alpha value is -2.69. The molecule has 0 radical (unpaired) electrons. The molecule has 2 heterocycles. The van der Waals surface area contributed by atoms with Gasteiger partial charge in [0, 0.05) is 36.2 Å². The van der Waals surface area contributed by atoms with Gasteiger partial charge in [-0.15, -0.1) is 0 Å². The molecule has 1 aromatic carbocycles. The van der Waals surface area contributed by atoms with Gasteiger partial charge in [0.05, 0.1) is 6.21 Å². The van der Waals surface area contributed by atoms with Crippen molar-refractivity contribution in [1.29, 1.82) is 0 Å². The topological polar surface area (TPSA) is 57.6 Å². The van der Waals surface area contributed by atoms with E-state index in [9.17, 15) is 4.79 Å². The average molecular weight is 336 g/mol. The number of hydrogen-bond donors (Lipinski definition) is 1. The van der Waals surface area contributed by atoms with Crippen LogP contribution in [0.5, 0.6) is 0 Å². The van der Waals surface area contributed by atoms with Gasteiger partial charge in [0.25, 0.3) is 5.91 Å². The number of rotatable bonds is 3. The number of amides is 1. The summed E-state index contributed by atoms with van der Waals surface area (Å²) in [5, 5.41) is 4.08. The molecule has 1 aliphatic rings. The van der Waals surface area contributed by atoms with Crippen LogP contribution in [0.4, 0.5) is 5.69 Å². The third-order valence-corrected chi connectivity index (χ3v) is 4.98. The number of carbonyl (C=O) groups excluding carboxylic acids is 1. The summed E-state index contributed by atoms with van der Waals surface area (Å²) >= 11 is 0. The molecule has 3 rings (SSSR count). The molecule has 1 N–H and O–H groups in total. The van der Waals surface area contributed by atoms with Crippen molar-refractivity contribution in [2.45, 2.75) is 38.6 Å². The lowest BCUT2D eigenvalue weighted by molar-refractivity contribution is 0.0955. The third-order valence-electron chi connectivity index (χ3n) is 4.98. The molecule has 0 saturated carbocycles. The highest BCUT2D eigenvalue weighted by atomic mass is 16.2. The zero-order chi connectivity index (χ0) is 18.0. The van der Waals surface area contributed by atoms with Crippen molar-refractivity contribution in [2.75, 3.05) is 11.9 Å². The van der Waals surface area contributed by atoms with E-state index >= 15 is 0 Å². The van der Waals surface area contributed by atoms with Crippen molar-refractivity contribution in [1.82, 2.24) is 10.4 Å². The Bertz CT molecular complexity index is 799. The first-order valence-corrected chi connectivity index (χ1v) is 8.50. The lowest BCUT2D eigenvalue weighted by Gasteiger charge is -2.45. The molecule has 1 aliphatic heterocycles. The zero-order valence-electron chi connectivity index (χ0n) is 15.2. The van der Waals surface area contributed by atoms with Crippen LogP contribution >= 0.6 is 0 Å². The molecule has 25 heavy (non-hydrogen) atoms. The fourth-order valence-corrected chi connectivity index (χ4v) is 3.41. The number of nitrogens with zero attached hydrogens (tertiary/aromatic N) is 3. The molecule has 1 unspecified atom stereocenters. The predicted octanol–water partition coefficient (Wildman–Crippen LogP) is 3.57. The largest absolute Gasteiger partial charge is 0.369 e. The first kappa shape index (κ1) is 17.1. The summed E-state index contributed by atoms with van der Waals surface area (Å²) in [4.78, 5) is 18.2. The first-order valence-electron chi connectivity index (χ1n) is 8.50. The molecule has 130 valence electrons. The van der Waals surface area contributed by atoms with Crippen LogP contribution in [0.3, 0.4) is 0 Å². The lowest BCUT2D eigenvalue weighted by atomic mass is 9.80. The maximum atomic E-state index is 12.0. The van der Waals surface area contributed by atoms with Crippen molar-refractivity contribution in [2.24, 2.45) is 5.10 Å². The first-order chi connectivity index (χ1) is 11.9. The number of anilines is 1. The van der Waals surface area contributed by atoms with Gasteiger partial charge in [-0.2, -0.15) is 5.10 Å². The van der Waals surface area contributed by atoms with E-state index in [2.05, 4.69) is 60.4 Å². The van der Waals surface area contributed by atoms with E-state index in [0.29, 0.717) is 11.5 Å². The van der Waals surface area contributed by atoms with Crippen LogP contribution in [0.2, 0.25) is 0 Å². The van der Waals surface area contributed by atoms with Crippen molar-refractivity contribution >= 4 is 17.8 Å². The molecule has 1 atom stereocenters. The Morgan fingerprint density at radius 3 is 2.76 bits per heavy atom. The quantitative estimate of drug-likeness (QED) is 0.688. The lowest BCUT2D eigenvalue weighted by Crippen LogP contribution is -2.45. The number of fused-ring (bicyclic) bond motifs is 1. The van der Waals surface area contributed by atoms with E-state index < -0.39 is 0 Å². The summed E-state index contributed by atoms with van der Waals surface area (Å²) in [6.07, 6.45) is 5.96. The van der Waals surface area contributed by atoms with Crippen LogP contribution < -0.4 is 10.3 Å². The highest BCUT2D eigenvalue weighted by Gasteiger charge is 2.33. The summed E-state index contributed by atoms with van der Waals surface area (Å²) < 4.78 is 0. The normalized spacial score (nSPS) is 18.9. The van der Waals surface area contributed by atoms with Crippen LogP contribution in [0.1, 0.15) is 54.6 Å². The van der Waals surface area contributed by atoms with Gasteiger partial charge in [0.2, 0.25) is 0 Å². The molecular formula is C20H24N4O. The van der Waals surface area contributed by atoms with Crippen molar-refractivity contribution < 1.29 is 4.79 Å². The number of carbonyl (C=O) groups is 1. The second kappa shape index (κ2) is 6.67. The number of nitrogens with one attached hydrogen (secondary N) is 1. The summed E-state index contributed by atoms with van der Waals surface area (Å²) in [5.41, 5.74) is 6.81. The maximum Gasteiger partial charge on any atom is 0.271 e. The van der Waals surface area contributed by atoms with E-state index in [0.717, 1.165) is 12.0 Å². The summed E-state index contributed by atoms with van der Waals surface area (Å²) in [6, 6.07) is 9.64. The fraction of sp³-hybridized carbons (Fsp3) is 0.350. The molecular weight excluding hydrogens is 312 g/mol. The smallest absolute Gasteiger partial charge is 0.271 e. The van der Waals surface area contributed by atoms with E-state index in [1.807, 2.05) is 6.07 Å². The number of hydrogen-bond acceptors (Lipinski definition) is 4. The molecule has 5 heteroatoms. The average Bonchev–Trinajstić information content (AvgIpc) is 2.60. The van der Waals surface area contributed by atoms with E-state index in [-0.39, 0.29) is 11.4 Å². The van der Waals surface area contributed by atoms with Crippen LogP contribution in [0.15, 0.2) is 47.8 Å². The monoisotopic (exact) mass is 336 g/mol. The van der Waals surface area contributed by atoms with Gasteiger partial charge in [-0.1, -0.05) is 13.0 Å². The van der Waals surface area contributed by atoms with Crippen LogP contribution in [-0.2, 0) is 0 Å². The number of pyridine rings is 1. The number of hydrazone groups is 1. The van der Waals surface area contributed by atoms with Crippen molar-refractivity contribution in [3.63, 3.8) is 0 Å². The van der Waals surface area contributed by atoms with Crippen LogP contribution in [-0.4, -0.2) is 29.7 Å². The van der Waals surface area contributed by atoms with E-state index in [4.69, 9.17) is 0 Å². The van der Waals surface area contributed by atoms with E-state index in [1.54, 1.807) is 30.7 Å². The molecule has 1 aromatic heterocycles. The minimum absolute atomic E-state index is 0.153. The molecule has 2 aromatic rings. The molecule has 0 saturated heterocycles. The molecule has 0 aliphatic carbocycles. The molecule has 0 bridgehead atoms. The Kier molecular flexibility index (Phi) is 4.57. The van der Waals surface area contributed by atoms with Gasteiger partial charge >= 0.3 is 0 Å². The zero-order valence-corrected chi connectivity index (χ0v) is 15.2. The second-order valence-corrected chi connectivity index (χ2v) is 7.23. The van der Waals surface area contributed by atoms with Crippen molar-refractivity contribution in [3.05, 3.63) is 59.4 Å². The van der Waals surface area contributed by atoms with E-state index in [1.165, 1.54) is 11.3 Å². The summed E-state index contributed by atoms with van der Waals surface area (Å²) in [6.45, 7) is 6.81. The number of benzene rings is 1. The van der Waals surface area contributed by atoms with Gasteiger partial charge < -0.3 is 4.90 Å². The van der Waals surface area contributed by atoms with Gasteiger partial charge in [0.1, 0.15) is 0 Å². The summed E-state index contributed by atoms with van der Waals surface area (Å²) in [7, 11) is 2.15. The number of aromatic nitrogens is 1. The maximum absolute atomic E-state index is 12.0. The fourth-order valence-electron chi connectivity index (χ4n) is 3.41. The van der Waals surface area contributed by atoms with Crippen LogP contribution in [0, 0.1) is 0 Å². The Balaban J connectivity index is 1.75. The Labute approximate surface area is 148 Å². The molecule has 1 amide bonds. The highest BCUT2D eigenvalue weighted by molar-refractivity contribution is 5.94. The van der Waals surface area contributed by atoms with Gasteiger partial charge in [0.15, 0.2) is 0 Å². The minimum atomic E-state index is -0.244. The van der Waals surface area contributed by atoms with Gasteiger partial charge in [-0.05, 0) is 61.6 Å². The van der Waals surface area contributed by atoms with Gasteiger partial charge in [-0.25, -0.2) is 5.43 Å². The Morgan fingerprint density at radius 2 is 2.04 bits per heavy atom. The molecule has 0 spiro atoms. The molecule has 0 fully saturated rings. The standard InChI is InChI=1S/C20H24N4O/c1-14-12-20(2,3)24(4)18-6-5-15(11-17(14)18)13-22-23-19(25)16-7-9-21-10-8-16/h5-11,13-14H,12H2,1-4H3,(H,23,25)/b22-13-. The highest BCUT2D eigenvalue weighted by Crippen LogP contribution is 2.42. The van der Waals surface area contributed by atoms with Crippen molar-refractivity contribution in [3.8, 4) is 0 Å². The molecule has 5 nitrogen and oxygen atoms in total. The minimum Gasteiger partial charge on any atom is -0.369 e. The second-order valence-electron chi connectivity index (χ2n) is 7.23.